The van der Waals surface area contributed by atoms with Crippen LogP contribution in [0.1, 0.15) is 33.6 Å². The number of rotatable bonds is 8. The smallest absolute Gasteiger partial charge is 0.255 e. The number of ether oxygens (including phenoxy) is 2. The number of nitrogens with zero attached hydrogens (tertiary/aromatic N) is 5. The summed E-state index contributed by atoms with van der Waals surface area (Å²) in [5.41, 5.74) is 5.74. The van der Waals surface area contributed by atoms with Gasteiger partial charge in [0.15, 0.2) is 0 Å². The Hall–Kier alpha value is -5.37. The Labute approximate surface area is 243 Å². The molecule has 42 heavy (non-hydrogen) atoms. The predicted octanol–water partition coefficient (Wildman–Crippen LogP) is 6.73. The Morgan fingerprint density at radius 2 is 1.26 bits per heavy atom. The van der Waals surface area contributed by atoms with Gasteiger partial charge < -0.3 is 14.0 Å². The molecule has 0 atom stereocenters. The third-order valence-corrected chi connectivity index (χ3v) is 7.07. The fraction of sp³-hybridized carbons (Fsp3) is 0.147. The van der Waals surface area contributed by atoms with Crippen LogP contribution in [0.25, 0.3) is 10.9 Å². The van der Waals surface area contributed by atoms with Gasteiger partial charge in [-0.3, -0.25) is 4.79 Å². The van der Waals surface area contributed by atoms with Gasteiger partial charge in [-0.05, 0) is 49.6 Å². The van der Waals surface area contributed by atoms with E-state index in [1.165, 1.54) is 0 Å². The quantitative estimate of drug-likeness (QED) is 0.206. The second-order valence-corrected chi connectivity index (χ2v) is 10.2. The second kappa shape index (κ2) is 11.6. The molecule has 3 heterocycles. The van der Waals surface area contributed by atoms with Crippen LogP contribution < -0.4 is 15.0 Å². The largest absolute Gasteiger partial charge is 0.437 e. The van der Waals surface area contributed by atoms with Crippen LogP contribution in [-0.4, -0.2) is 25.0 Å². The molecule has 0 saturated carbocycles. The molecule has 8 nitrogen and oxygen atoms in total. The van der Waals surface area contributed by atoms with Crippen molar-refractivity contribution >= 4 is 10.9 Å². The summed E-state index contributed by atoms with van der Waals surface area (Å²) in [6.45, 7) is 6.06. The van der Waals surface area contributed by atoms with E-state index in [9.17, 15) is 4.79 Å². The Balaban J connectivity index is 1.59. The van der Waals surface area contributed by atoms with Crippen molar-refractivity contribution in [1.29, 1.82) is 0 Å². The standard InChI is InChI=1S/C34H29N5O3/c1-22-14-16-31(37-35-22)41-27-19-29-33(30(20-27)42-32-17-15-23(2)36-38-32)24(3)28(18-25-10-6-4-7-11-25)34(40)39(29)21-26-12-8-5-9-13-26/h4-17,19-20H,18,21H2,1-3H3. The van der Waals surface area contributed by atoms with E-state index in [0.29, 0.717) is 47.3 Å². The molecule has 8 heteroatoms. The predicted molar refractivity (Wildman–Crippen MR) is 161 cm³/mol. The number of fused-ring (bicyclic) bond motifs is 1. The minimum Gasteiger partial charge on any atom is -0.437 e. The van der Waals surface area contributed by atoms with Gasteiger partial charge in [0.1, 0.15) is 11.5 Å². The van der Waals surface area contributed by atoms with E-state index in [4.69, 9.17) is 9.47 Å². The van der Waals surface area contributed by atoms with Crippen LogP contribution in [0.5, 0.6) is 23.3 Å². The van der Waals surface area contributed by atoms with Gasteiger partial charge in [0.05, 0.1) is 23.4 Å². The van der Waals surface area contributed by atoms with E-state index < -0.39 is 0 Å². The fourth-order valence-electron chi connectivity index (χ4n) is 4.94. The fourth-order valence-corrected chi connectivity index (χ4v) is 4.94. The molecule has 6 rings (SSSR count). The first-order valence-corrected chi connectivity index (χ1v) is 13.7. The van der Waals surface area contributed by atoms with Crippen molar-refractivity contribution in [3.63, 3.8) is 0 Å². The first kappa shape index (κ1) is 26.8. The van der Waals surface area contributed by atoms with Gasteiger partial charge in [0.25, 0.3) is 5.56 Å². The van der Waals surface area contributed by atoms with Crippen LogP contribution in [0.15, 0.2) is 102 Å². The Bertz CT molecular complexity index is 1910. The molecule has 0 spiro atoms. The SMILES string of the molecule is Cc1ccc(Oc2cc(Oc3ccc(C)nn3)c3c(C)c(Cc4ccccc4)c(=O)n(Cc4ccccc4)c3c2)nn1. The van der Waals surface area contributed by atoms with E-state index in [1.54, 1.807) is 22.8 Å². The van der Waals surface area contributed by atoms with E-state index in [2.05, 4.69) is 20.4 Å². The van der Waals surface area contributed by atoms with Crippen LogP contribution in [-0.2, 0) is 13.0 Å². The summed E-state index contributed by atoms with van der Waals surface area (Å²) in [6, 6.07) is 30.8. The molecule has 0 radical (unpaired) electrons. The average Bonchev–Trinajstić information content (AvgIpc) is 3.00. The molecule has 0 amide bonds. The van der Waals surface area contributed by atoms with Crippen LogP contribution >= 0.6 is 0 Å². The molecular weight excluding hydrogens is 526 g/mol. The van der Waals surface area contributed by atoms with Crippen molar-refractivity contribution in [3.8, 4) is 23.3 Å². The molecule has 0 fully saturated rings. The monoisotopic (exact) mass is 555 g/mol. The highest BCUT2D eigenvalue weighted by molar-refractivity contribution is 5.91. The van der Waals surface area contributed by atoms with E-state index in [1.807, 2.05) is 99.6 Å². The highest BCUT2D eigenvalue weighted by Gasteiger charge is 2.21. The number of benzene rings is 3. The van der Waals surface area contributed by atoms with Crippen molar-refractivity contribution in [2.24, 2.45) is 0 Å². The molecule has 0 bridgehead atoms. The van der Waals surface area contributed by atoms with Gasteiger partial charge in [-0.15, -0.1) is 10.2 Å². The van der Waals surface area contributed by atoms with Gasteiger partial charge in [0.2, 0.25) is 11.8 Å². The zero-order valence-electron chi connectivity index (χ0n) is 23.6. The van der Waals surface area contributed by atoms with Crippen molar-refractivity contribution in [3.05, 3.63) is 141 Å². The van der Waals surface area contributed by atoms with Gasteiger partial charge >= 0.3 is 0 Å². The summed E-state index contributed by atoms with van der Waals surface area (Å²) in [5.74, 6) is 1.61. The maximum absolute atomic E-state index is 14.3. The summed E-state index contributed by atoms with van der Waals surface area (Å²) in [4.78, 5) is 14.3. The minimum absolute atomic E-state index is 0.0685. The average molecular weight is 556 g/mol. The van der Waals surface area contributed by atoms with E-state index in [0.717, 1.165) is 33.5 Å². The summed E-state index contributed by atoms with van der Waals surface area (Å²) < 4.78 is 14.3. The second-order valence-electron chi connectivity index (χ2n) is 10.2. The van der Waals surface area contributed by atoms with Gasteiger partial charge in [-0.2, -0.15) is 10.2 Å². The topological polar surface area (TPSA) is 92.0 Å². The van der Waals surface area contributed by atoms with Crippen LogP contribution in [0.4, 0.5) is 0 Å². The lowest BCUT2D eigenvalue weighted by atomic mass is 9.97. The normalized spacial score (nSPS) is 11.0. The maximum Gasteiger partial charge on any atom is 0.255 e. The molecule has 0 saturated heterocycles. The van der Waals surface area contributed by atoms with E-state index >= 15 is 0 Å². The van der Waals surface area contributed by atoms with Crippen LogP contribution in [0.3, 0.4) is 0 Å². The Kier molecular flexibility index (Phi) is 7.43. The first-order valence-electron chi connectivity index (χ1n) is 13.7. The summed E-state index contributed by atoms with van der Waals surface area (Å²) >= 11 is 0. The lowest BCUT2D eigenvalue weighted by Crippen LogP contribution is -2.26. The zero-order valence-corrected chi connectivity index (χ0v) is 23.6. The summed E-state index contributed by atoms with van der Waals surface area (Å²) in [7, 11) is 0. The van der Waals surface area contributed by atoms with E-state index in [-0.39, 0.29) is 5.56 Å². The zero-order chi connectivity index (χ0) is 29.1. The maximum atomic E-state index is 14.3. The molecule has 208 valence electrons. The molecule has 0 aliphatic heterocycles. The van der Waals surface area contributed by atoms with Crippen molar-refractivity contribution in [1.82, 2.24) is 25.0 Å². The van der Waals surface area contributed by atoms with Gasteiger partial charge in [-0.1, -0.05) is 60.7 Å². The number of aryl methyl sites for hydroxylation is 3. The number of hydrogen-bond acceptors (Lipinski definition) is 7. The van der Waals surface area contributed by atoms with Crippen molar-refractivity contribution in [2.45, 2.75) is 33.7 Å². The van der Waals surface area contributed by atoms with Crippen LogP contribution in [0, 0.1) is 20.8 Å². The lowest BCUT2D eigenvalue weighted by molar-refractivity contribution is 0.437. The van der Waals surface area contributed by atoms with Gasteiger partial charge in [-0.25, -0.2) is 0 Å². The highest BCUT2D eigenvalue weighted by Crippen LogP contribution is 2.38. The number of hydrogen-bond donors (Lipinski definition) is 0. The first-order chi connectivity index (χ1) is 20.4. The minimum atomic E-state index is -0.0685. The number of pyridine rings is 1. The highest BCUT2D eigenvalue weighted by atomic mass is 16.5. The molecule has 6 aromatic rings. The molecule has 0 N–H and O–H groups in total. The van der Waals surface area contributed by atoms with Crippen LogP contribution in [0.2, 0.25) is 0 Å². The Morgan fingerprint density at radius 3 is 1.86 bits per heavy atom. The number of aromatic nitrogens is 5. The summed E-state index contributed by atoms with van der Waals surface area (Å²) in [6.07, 6.45) is 0.483. The lowest BCUT2D eigenvalue weighted by Gasteiger charge is -2.20. The van der Waals surface area contributed by atoms with Crippen molar-refractivity contribution in [2.75, 3.05) is 0 Å². The molecule has 0 unspecified atom stereocenters. The summed E-state index contributed by atoms with van der Waals surface area (Å²) in [5, 5.41) is 17.4. The molecular formula is C34H29N5O3. The molecule has 3 aromatic heterocycles. The van der Waals surface area contributed by atoms with Crippen molar-refractivity contribution < 1.29 is 9.47 Å². The third-order valence-electron chi connectivity index (χ3n) is 7.07. The molecule has 0 aliphatic carbocycles. The van der Waals surface area contributed by atoms with Gasteiger partial charge in [0, 0.05) is 41.6 Å². The molecule has 3 aromatic carbocycles. The third kappa shape index (κ3) is 5.74. The Morgan fingerprint density at radius 1 is 0.667 bits per heavy atom. The molecule has 0 aliphatic rings.